The van der Waals surface area contributed by atoms with Crippen LogP contribution in [0.2, 0.25) is 0 Å². The fraction of sp³-hybridized carbons (Fsp3) is 0.815. The maximum absolute atomic E-state index is 12.0. The molecule has 0 fully saturated rings. The van der Waals surface area contributed by atoms with Gasteiger partial charge in [-0.3, -0.25) is 4.79 Å². The number of nitrogens with zero attached hydrogens (tertiary/aromatic N) is 1. The van der Waals surface area contributed by atoms with Crippen LogP contribution in [-0.2, 0) is 23.8 Å². The van der Waals surface area contributed by atoms with Gasteiger partial charge in [-0.1, -0.05) is 222 Å². The van der Waals surface area contributed by atoms with Gasteiger partial charge in [-0.2, -0.15) is 0 Å². The normalized spacial score (nSPS) is 13.4. The van der Waals surface area contributed by atoms with Crippen molar-refractivity contribution in [3.05, 3.63) is 48.6 Å². The Bertz CT molecular complexity index is 1090. The quantitative estimate of drug-likeness (QED) is 0.0213. The van der Waals surface area contributed by atoms with E-state index >= 15 is 0 Å². The van der Waals surface area contributed by atoms with Crippen molar-refractivity contribution in [2.24, 2.45) is 0 Å². The van der Waals surface area contributed by atoms with Crippen LogP contribution in [0.15, 0.2) is 48.6 Å². The van der Waals surface area contributed by atoms with Gasteiger partial charge in [0, 0.05) is 6.42 Å². The highest BCUT2D eigenvalue weighted by molar-refractivity contribution is 5.69. The number of rotatable bonds is 48. The van der Waals surface area contributed by atoms with Gasteiger partial charge in [-0.05, 0) is 44.9 Å². The number of carbonyl (C=O) groups is 2. The summed E-state index contributed by atoms with van der Waals surface area (Å²) in [6.07, 6.45) is 59.1. The number of quaternary nitrogens is 1. The van der Waals surface area contributed by atoms with Crippen LogP contribution < -0.4 is 5.11 Å². The number of carbonyl (C=O) groups excluding carboxylic acids is 2. The molecule has 0 spiro atoms. The van der Waals surface area contributed by atoms with E-state index in [1.807, 2.05) is 21.1 Å². The van der Waals surface area contributed by atoms with Crippen molar-refractivity contribution in [1.82, 2.24) is 0 Å². The summed E-state index contributed by atoms with van der Waals surface area (Å²) < 4.78 is 16.1. The molecule has 0 amide bonds. The molecule has 0 aliphatic rings. The van der Waals surface area contributed by atoms with Gasteiger partial charge >= 0.3 is 5.97 Å². The first-order valence-corrected chi connectivity index (χ1v) is 25.8. The fourth-order valence-electron chi connectivity index (χ4n) is 7.35. The first kappa shape index (κ1) is 59.7. The monoisotopic (exact) mass is 874 g/mol. The van der Waals surface area contributed by atoms with Crippen molar-refractivity contribution in [1.29, 1.82) is 0 Å². The van der Waals surface area contributed by atoms with Crippen LogP contribution in [0.5, 0.6) is 0 Å². The van der Waals surface area contributed by atoms with E-state index < -0.39 is 18.4 Å². The van der Waals surface area contributed by atoms with E-state index in [0.29, 0.717) is 17.4 Å². The Hall–Kier alpha value is -2.26. The fourth-order valence-corrected chi connectivity index (χ4v) is 7.35. The Morgan fingerprint density at radius 3 is 1.23 bits per heavy atom. The van der Waals surface area contributed by atoms with E-state index in [-0.39, 0.29) is 25.8 Å². The number of carboxylic acids is 1. The van der Waals surface area contributed by atoms with E-state index in [4.69, 9.17) is 14.2 Å². The second kappa shape index (κ2) is 46.7. The van der Waals surface area contributed by atoms with Gasteiger partial charge < -0.3 is 33.7 Å². The average Bonchev–Trinajstić information content (AvgIpc) is 3.24. The molecule has 62 heavy (non-hydrogen) atoms. The summed E-state index contributed by atoms with van der Waals surface area (Å²) in [6.45, 7) is 2.37. The van der Waals surface area contributed by atoms with Gasteiger partial charge in [0.1, 0.15) is 19.3 Å². The van der Waals surface area contributed by atoms with Gasteiger partial charge in [0.15, 0.2) is 6.29 Å². The third kappa shape index (κ3) is 48.8. The molecule has 0 radical (unpaired) electrons. The molecule has 8 nitrogen and oxygen atoms in total. The predicted octanol–water partition coefficient (Wildman–Crippen LogP) is 13.2. The van der Waals surface area contributed by atoms with Gasteiger partial charge in [0.2, 0.25) is 0 Å². The van der Waals surface area contributed by atoms with Gasteiger partial charge in [0.25, 0.3) is 0 Å². The summed E-state index contributed by atoms with van der Waals surface area (Å²) in [5, 5.41) is 21.2. The molecule has 0 saturated heterocycles. The summed E-state index contributed by atoms with van der Waals surface area (Å²) in [4.78, 5) is 23.2. The maximum atomic E-state index is 12.0. The Kier molecular flexibility index (Phi) is 45.0. The molecule has 0 saturated carbocycles. The lowest BCUT2D eigenvalue weighted by molar-refractivity contribution is -0.870. The Balaban J connectivity index is 3.33. The minimum absolute atomic E-state index is 0.172. The number of ether oxygens (including phenoxy) is 3. The molecule has 0 aromatic heterocycles. The van der Waals surface area contributed by atoms with E-state index in [1.165, 1.54) is 167 Å². The van der Waals surface area contributed by atoms with Crippen molar-refractivity contribution in [3.8, 4) is 0 Å². The molecule has 1 N–H and O–H groups in total. The summed E-state index contributed by atoms with van der Waals surface area (Å²) in [5.74, 6) is -1.86. The first-order chi connectivity index (χ1) is 30.2. The molecule has 0 heterocycles. The predicted molar refractivity (Wildman–Crippen MR) is 260 cm³/mol. The Morgan fingerprint density at radius 2 is 0.855 bits per heavy atom. The SMILES string of the molecule is CC/C=C\C/C=C\C/C=C\C/C=C\CCCCCCCCCCCCCCCCCCCCCCCCCCCCCCC(=O)OCC(O)COC(OCC[N+](C)(C)C)C(=O)[O-]. The number of aliphatic carboxylic acids is 1. The van der Waals surface area contributed by atoms with Crippen LogP contribution in [0.1, 0.15) is 225 Å². The average molecular weight is 874 g/mol. The summed E-state index contributed by atoms with van der Waals surface area (Å²) in [6, 6.07) is 0. The molecule has 8 heteroatoms. The largest absolute Gasteiger partial charge is 0.545 e. The molecule has 0 aliphatic heterocycles. The molecular formula is C54H99NO7. The van der Waals surface area contributed by atoms with Crippen LogP contribution >= 0.6 is 0 Å². The molecule has 362 valence electrons. The van der Waals surface area contributed by atoms with Crippen molar-refractivity contribution in [3.63, 3.8) is 0 Å². The number of aliphatic hydroxyl groups is 1. The summed E-state index contributed by atoms with van der Waals surface area (Å²) in [5.41, 5.74) is 0. The van der Waals surface area contributed by atoms with Crippen LogP contribution in [0.3, 0.4) is 0 Å². The van der Waals surface area contributed by atoms with Crippen LogP contribution in [0.4, 0.5) is 0 Å². The van der Waals surface area contributed by atoms with Crippen LogP contribution in [-0.4, -0.2) is 81.4 Å². The van der Waals surface area contributed by atoms with E-state index in [0.717, 1.165) is 44.9 Å². The van der Waals surface area contributed by atoms with Crippen molar-refractivity contribution in [2.45, 2.75) is 238 Å². The maximum Gasteiger partial charge on any atom is 0.305 e. The summed E-state index contributed by atoms with van der Waals surface area (Å²) >= 11 is 0. The highest BCUT2D eigenvalue weighted by atomic mass is 16.7. The minimum atomic E-state index is -1.57. The van der Waals surface area contributed by atoms with Crippen LogP contribution in [0.25, 0.3) is 0 Å². The molecule has 2 atom stereocenters. The second-order valence-electron chi connectivity index (χ2n) is 18.6. The standard InChI is InChI=1S/C54H99NO7/c1-5-6-7-8-9-10-11-12-13-14-15-16-17-18-19-20-21-22-23-24-25-26-27-28-29-30-31-32-33-34-35-36-37-38-39-40-41-42-43-44-45-46-52(57)61-49-51(56)50-62-54(53(58)59)60-48-47-55(2,3)4/h6-7,9-10,12-13,15-16,51,54,56H,5,8,11,14,17-50H2,1-4H3/b7-6-,10-9-,13-12-,16-15-. The smallest absolute Gasteiger partial charge is 0.305 e. The van der Waals surface area contributed by atoms with Crippen molar-refractivity contribution >= 4 is 11.9 Å². The minimum Gasteiger partial charge on any atom is -0.545 e. The van der Waals surface area contributed by atoms with E-state index in [9.17, 15) is 19.8 Å². The van der Waals surface area contributed by atoms with E-state index in [2.05, 4.69) is 55.5 Å². The highest BCUT2D eigenvalue weighted by Crippen LogP contribution is 2.17. The molecule has 0 aromatic carbocycles. The van der Waals surface area contributed by atoms with Crippen molar-refractivity contribution in [2.75, 3.05) is 47.5 Å². The zero-order chi connectivity index (χ0) is 45.5. The number of allylic oxidation sites excluding steroid dienone is 8. The molecule has 0 rings (SSSR count). The lowest BCUT2D eigenvalue weighted by Gasteiger charge is -2.26. The number of likely N-dealkylation sites (N-methyl/N-ethyl adjacent to an activating group) is 1. The molecule has 2 unspecified atom stereocenters. The van der Waals surface area contributed by atoms with Crippen molar-refractivity contribution < 1.29 is 38.5 Å². The van der Waals surface area contributed by atoms with Crippen LogP contribution in [0, 0.1) is 0 Å². The summed E-state index contributed by atoms with van der Waals surface area (Å²) in [7, 11) is 5.88. The lowest BCUT2D eigenvalue weighted by Crippen LogP contribution is -2.44. The first-order valence-electron chi connectivity index (χ1n) is 25.8. The molecule has 0 aliphatic carbocycles. The Morgan fingerprint density at radius 1 is 0.500 bits per heavy atom. The lowest BCUT2D eigenvalue weighted by atomic mass is 10.0. The number of aliphatic hydroxyl groups excluding tert-OH is 1. The zero-order valence-corrected chi connectivity index (χ0v) is 41.0. The number of esters is 1. The van der Waals surface area contributed by atoms with Gasteiger partial charge in [-0.15, -0.1) is 0 Å². The highest BCUT2D eigenvalue weighted by Gasteiger charge is 2.17. The molecule has 0 aromatic rings. The number of carboxylic acid groups (broad SMARTS) is 1. The number of unbranched alkanes of at least 4 members (excludes halogenated alkanes) is 28. The number of hydrogen-bond donors (Lipinski definition) is 1. The third-order valence-electron chi connectivity index (χ3n) is 11.3. The van der Waals surface area contributed by atoms with Gasteiger partial charge in [0.05, 0.1) is 40.3 Å². The topological polar surface area (TPSA) is 105 Å². The molecular weight excluding hydrogens is 775 g/mol. The second-order valence-corrected chi connectivity index (χ2v) is 18.6. The third-order valence-corrected chi connectivity index (χ3v) is 11.3. The Labute approximate surface area is 383 Å². The molecule has 0 bridgehead atoms. The van der Waals surface area contributed by atoms with Gasteiger partial charge in [-0.25, -0.2) is 0 Å². The number of hydrogen-bond acceptors (Lipinski definition) is 7. The van der Waals surface area contributed by atoms with E-state index in [1.54, 1.807) is 0 Å². The zero-order valence-electron chi connectivity index (χ0n) is 41.0.